The van der Waals surface area contributed by atoms with E-state index in [-0.39, 0.29) is 22.7 Å². The molecule has 2 aromatic rings. The number of benzene rings is 2. The summed E-state index contributed by atoms with van der Waals surface area (Å²) in [6.07, 6.45) is 0. The van der Waals surface area contributed by atoms with E-state index < -0.39 is 5.82 Å². The van der Waals surface area contributed by atoms with E-state index in [1.165, 1.54) is 30.3 Å². The molecule has 1 N–H and O–H groups in total. The van der Waals surface area contributed by atoms with E-state index in [4.69, 9.17) is 0 Å². The molecule has 0 atom stereocenters. The van der Waals surface area contributed by atoms with Crippen LogP contribution in [0.4, 0.5) is 8.78 Å². The van der Waals surface area contributed by atoms with Crippen molar-refractivity contribution >= 4 is 21.8 Å². The molecule has 0 aliphatic heterocycles. The van der Waals surface area contributed by atoms with Gasteiger partial charge in [0.15, 0.2) is 0 Å². The molecule has 0 radical (unpaired) electrons. The van der Waals surface area contributed by atoms with Gasteiger partial charge in [-0.2, -0.15) is 0 Å². The normalized spacial score (nSPS) is 10.3. The van der Waals surface area contributed by atoms with E-state index in [1.807, 2.05) is 0 Å². The molecular formula is C14H10BrF2NO. The SMILES string of the molecule is O=C(NCc1ccc(F)cc1)c1ccc(F)c(Br)c1. The van der Waals surface area contributed by atoms with Gasteiger partial charge < -0.3 is 5.32 Å². The lowest BCUT2D eigenvalue weighted by atomic mass is 10.2. The number of rotatable bonds is 3. The van der Waals surface area contributed by atoms with E-state index in [9.17, 15) is 13.6 Å². The highest BCUT2D eigenvalue weighted by Crippen LogP contribution is 2.16. The van der Waals surface area contributed by atoms with Crippen LogP contribution in [-0.2, 0) is 6.54 Å². The van der Waals surface area contributed by atoms with Crippen LogP contribution in [0.25, 0.3) is 0 Å². The quantitative estimate of drug-likeness (QED) is 0.916. The second-order valence-electron chi connectivity index (χ2n) is 3.94. The average molecular weight is 326 g/mol. The first-order valence-electron chi connectivity index (χ1n) is 5.54. The predicted octanol–water partition coefficient (Wildman–Crippen LogP) is 3.66. The molecule has 98 valence electrons. The minimum absolute atomic E-state index is 0.238. The van der Waals surface area contributed by atoms with Crippen molar-refractivity contribution in [3.63, 3.8) is 0 Å². The Hall–Kier alpha value is -1.75. The lowest BCUT2D eigenvalue weighted by Crippen LogP contribution is -2.22. The number of carbonyl (C=O) groups excluding carboxylic acids is 1. The molecule has 2 rings (SSSR count). The number of hydrogen-bond acceptors (Lipinski definition) is 1. The molecule has 5 heteroatoms. The Labute approximate surface area is 117 Å². The zero-order valence-electron chi connectivity index (χ0n) is 9.79. The molecule has 0 unspecified atom stereocenters. The maximum Gasteiger partial charge on any atom is 0.251 e. The third-order valence-electron chi connectivity index (χ3n) is 2.55. The minimum Gasteiger partial charge on any atom is -0.348 e. The molecule has 0 aliphatic carbocycles. The molecule has 0 saturated heterocycles. The molecule has 0 heterocycles. The van der Waals surface area contributed by atoms with Gasteiger partial charge in [-0.1, -0.05) is 12.1 Å². The summed E-state index contributed by atoms with van der Waals surface area (Å²) in [7, 11) is 0. The van der Waals surface area contributed by atoms with Gasteiger partial charge >= 0.3 is 0 Å². The molecule has 2 nitrogen and oxygen atoms in total. The molecule has 0 aromatic heterocycles. The minimum atomic E-state index is -0.421. The van der Waals surface area contributed by atoms with Crippen LogP contribution in [0.1, 0.15) is 15.9 Å². The average Bonchev–Trinajstić information content (AvgIpc) is 2.41. The molecule has 19 heavy (non-hydrogen) atoms. The van der Waals surface area contributed by atoms with E-state index in [0.29, 0.717) is 5.56 Å². The number of carbonyl (C=O) groups is 1. The van der Waals surface area contributed by atoms with Crippen LogP contribution >= 0.6 is 15.9 Å². The summed E-state index contributed by atoms with van der Waals surface area (Å²) in [6.45, 7) is 0.286. The monoisotopic (exact) mass is 325 g/mol. The number of halogens is 3. The maximum atomic E-state index is 13.0. The predicted molar refractivity (Wildman–Crippen MR) is 71.7 cm³/mol. The lowest BCUT2D eigenvalue weighted by molar-refractivity contribution is 0.0951. The summed E-state index contributed by atoms with van der Waals surface area (Å²) >= 11 is 3.02. The summed E-state index contributed by atoms with van der Waals surface area (Å²) < 4.78 is 26.0. The van der Waals surface area contributed by atoms with E-state index >= 15 is 0 Å². The van der Waals surface area contributed by atoms with Crippen molar-refractivity contribution in [1.82, 2.24) is 5.32 Å². The second-order valence-corrected chi connectivity index (χ2v) is 4.79. The van der Waals surface area contributed by atoms with Gasteiger partial charge in [-0.3, -0.25) is 4.79 Å². The first-order valence-corrected chi connectivity index (χ1v) is 6.33. The van der Waals surface area contributed by atoms with Crippen molar-refractivity contribution in [3.8, 4) is 0 Å². The fraction of sp³-hybridized carbons (Fsp3) is 0.0714. The molecule has 0 fully saturated rings. The fourth-order valence-corrected chi connectivity index (χ4v) is 1.90. The third kappa shape index (κ3) is 3.61. The van der Waals surface area contributed by atoms with E-state index in [2.05, 4.69) is 21.2 Å². The van der Waals surface area contributed by atoms with Crippen molar-refractivity contribution in [2.45, 2.75) is 6.54 Å². The van der Waals surface area contributed by atoms with Crippen LogP contribution in [0.15, 0.2) is 46.9 Å². The van der Waals surface area contributed by atoms with Gasteiger partial charge in [0, 0.05) is 12.1 Å². The summed E-state index contributed by atoms with van der Waals surface area (Å²) in [4.78, 5) is 11.8. The molecule has 0 bridgehead atoms. The van der Waals surface area contributed by atoms with Crippen molar-refractivity contribution in [2.24, 2.45) is 0 Å². The fourth-order valence-electron chi connectivity index (χ4n) is 1.52. The smallest absolute Gasteiger partial charge is 0.251 e. The first kappa shape index (κ1) is 13.7. The van der Waals surface area contributed by atoms with Crippen LogP contribution in [0.5, 0.6) is 0 Å². The van der Waals surface area contributed by atoms with Crippen LogP contribution in [-0.4, -0.2) is 5.91 Å². The second kappa shape index (κ2) is 5.93. The van der Waals surface area contributed by atoms with Gasteiger partial charge in [-0.25, -0.2) is 8.78 Å². The highest BCUT2D eigenvalue weighted by Gasteiger charge is 2.08. The van der Waals surface area contributed by atoms with Crippen LogP contribution in [0.3, 0.4) is 0 Å². The summed E-state index contributed by atoms with van der Waals surface area (Å²) in [5.41, 5.74) is 1.14. The van der Waals surface area contributed by atoms with E-state index in [0.717, 1.165) is 5.56 Å². The van der Waals surface area contributed by atoms with Crippen LogP contribution < -0.4 is 5.32 Å². The zero-order chi connectivity index (χ0) is 13.8. The van der Waals surface area contributed by atoms with Gasteiger partial charge in [0.2, 0.25) is 0 Å². The molecular weight excluding hydrogens is 316 g/mol. The van der Waals surface area contributed by atoms with Gasteiger partial charge in [-0.05, 0) is 51.8 Å². The Morgan fingerprint density at radius 3 is 2.42 bits per heavy atom. The number of nitrogens with one attached hydrogen (secondary N) is 1. The highest BCUT2D eigenvalue weighted by atomic mass is 79.9. The Morgan fingerprint density at radius 2 is 1.79 bits per heavy atom. The van der Waals surface area contributed by atoms with Gasteiger partial charge in [-0.15, -0.1) is 0 Å². The van der Waals surface area contributed by atoms with Crippen molar-refractivity contribution in [2.75, 3.05) is 0 Å². The topological polar surface area (TPSA) is 29.1 Å². The van der Waals surface area contributed by atoms with Crippen molar-refractivity contribution in [1.29, 1.82) is 0 Å². The molecule has 0 saturated carbocycles. The van der Waals surface area contributed by atoms with Crippen LogP contribution in [0, 0.1) is 11.6 Å². The summed E-state index contributed by atoms with van der Waals surface area (Å²) in [5, 5.41) is 2.68. The Morgan fingerprint density at radius 1 is 1.11 bits per heavy atom. The Bertz CT molecular complexity index is 599. The van der Waals surface area contributed by atoms with Crippen molar-refractivity contribution in [3.05, 3.63) is 69.7 Å². The Kier molecular flexibility index (Phi) is 4.27. The molecule has 0 spiro atoms. The lowest BCUT2D eigenvalue weighted by Gasteiger charge is -2.06. The molecule has 0 aliphatic rings. The van der Waals surface area contributed by atoms with Crippen LogP contribution in [0.2, 0.25) is 0 Å². The largest absolute Gasteiger partial charge is 0.348 e. The van der Waals surface area contributed by atoms with Crippen molar-refractivity contribution < 1.29 is 13.6 Å². The van der Waals surface area contributed by atoms with Gasteiger partial charge in [0.05, 0.1) is 4.47 Å². The van der Waals surface area contributed by atoms with Gasteiger partial charge in [0.1, 0.15) is 11.6 Å². The number of hydrogen-bond donors (Lipinski definition) is 1. The standard InChI is InChI=1S/C14H10BrF2NO/c15-12-7-10(3-6-13(12)17)14(19)18-8-9-1-4-11(16)5-2-9/h1-7H,8H2,(H,18,19). The summed E-state index contributed by atoms with van der Waals surface area (Å²) in [5.74, 6) is -1.06. The molecule has 2 aromatic carbocycles. The third-order valence-corrected chi connectivity index (χ3v) is 3.16. The summed E-state index contributed by atoms with van der Waals surface area (Å²) in [6, 6.07) is 9.88. The first-order chi connectivity index (χ1) is 9.06. The zero-order valence-corrected chi connectivity index (χ0v) is 11.4. The van der Waals surface area contributed by atoms with E-state index in [1.54, 1.807) is 12.1 Å². The number of amides is 1. The molecule has 1 amide bonds. The Balaban J connectivity index is 2.01. The maximum absolute atomic E-state index is 13.0. The van der Waals surface area contributed by atoms with Gasteiger partial charge in [0.25, 0.3) is 5.91 Å². The highest BCUT2D eigenvalue weighted by molar-refractivity contribution is 9.10.